The second-order valence-corrected chi connectivity index (χ2v) is 18.5. The summed E-state index contributed by atoms with van der Waals surface area (Å²) in [4.78, 5) is 5.09. The van der Waals surface area contributed by atoms with Crippen LogP contribution in [0.4, 0.5) is 34.1 Å². The summed E-state index contributed by atoms with van der Waals surface area (Å²) in [5, 5.41) is 4.88. The molecule has 0 spiro atoms. The molecular formula is C62H48N2. The highest BCUT2D eigenvalue weighted by Crippen LogP contribution is 2.59. The van der Waals surface area contributed by atoms with Crippen LogP contribution in [0.15, 0.2) is 218 Å². The van der Waals surface area contributed by atoms with Crippen molar-refractivity contribution >= 4 is 55.7 Å². The minimum absolute atomic E-state index is 0.160. The molecule has 10 aromatic rings. The maximum absolute atomic E-state index is 2.58. The van der Waals surface area contributed by atoms with Crippen LogP contribution in [0.1, 0.15) is 49.9 Å². The molecule has 0 saturated heterocycles. The molecule has 0 atom stereocenters. The number of nitrogens with zero attached hydrogens (tertiary/aromatic N) is 2. The van der Waals surface area contributed by atoms with E-state index in [0.29, 0.717) is 0 Å². The molecule has 0 N–H and O–H groups in total. The van der Waals surface area contributed by atoms with Gasteiger partial charge in [0.05, 0.1) is 22.7 Å². The van der Waals surface area contributed by atoms with E-state index in [4.69, 9.17) is 0 Å². The lowest BCUT2D eigenvalue weighted by Gasteiger charge is -2.44. The smallest absolute Gasteiger partial charge is 0.0781 e. The van der Waals surface area contributed by atoms with Crippen LogP contribution in [0.25, 0.3) is 54.9 Å². The van der Waals surface area contributed by atoms with E-state index in [1.54, 1.807) is 0 Å². The van der Waals surface area contributed by atoms with Gasteiger partial charge in [0.2, 0.25) is 0 Å². The maximum atomic E-state index is 2.58. The van der Waals surface area contributed by atoms with Crippen LogP contribution in [0.5, 0.6) is 0 Å². The van der Waals surface area contributed by atoms with Crippen LogP contribution in [0, 0.1) is 0 Å². The molecule has 0 radical (unpaired) electrons. The zero-order chi connectivity index (χ0) is 43.2. The molecule has 0 bridgehead atoms. The Bertz CT molecular complexity index is 3450. The summed E-state index contributed by atoms with van der Waals surface area (Å²) in [5.41, 5.74) is 19.2. The number of hydrogen-bond donors (Lipinski definition) is 0. The lowest BCUT2D eigenvalue weighted by atomic mass is 9.70. The molecule has 2 aliphatic rings. The molecule has 10 aromatic carbocycles. The molecule has 64 heavy (non-hydrogen) atoms. The average molecular weight is 821 g/mol. The molecule has 0 aromatic heterocycles. The van der Waals surface area contributed by atoms with Gasteiger partial charge in [-0.3, -0.25) is 0 Å². The molecule has 306 valence electrons. The van der Waals surface area contributed by atoms with Gasteiger partial charge in [0.15, 0.2) is 0 Å². The Morgan fingerprint density at radius 2 is 0.953 bits per heavy atom. The normalized spacial score (nSPS) is 14.2. The van der Waals surface area contributed by atoms with E-state index in [2.05, 4.69) is 256 Å². The number of para-hydroxylation sites is 1. The minimum atomic E-state index is -0.303. The standard InChI is InChI=1S/C62H48N2/c1-61(2)53-25-13-12-23-51(53)52-37-36-48(40-55(52)61)63(47-34-31-43(32-35-47)41-17-6-5-7-18-41)58-38-33-44-20-10-11-22-50(44)60(58)64-56-27-15-14-26-54(56)62(3,4)59-49(24-16-28-57(59)64)46-30-29-42-19-8-9-21-45(42)39-46/h5-40H,1-4H3. The van der Waals surface area contributed by atoms with Crippen LogP contribution in [0.2, 0.25) is 0 Å². The van der Waals surface area contributed by atoms with Crippen molar-refractivity contribution in [1.82, 2.24) is 0 Å². The van der Waals surface area contributed by atoms with Gasteiger partial charge in [-0.1, -0.05) is 198 Å². The summed E-state index contributed by atoms with van der Waals surface area (Å²) in [7, 11) is 0. The number of fused-ring (bicyclic) bond motifs is 7. The minimum Gasteiger partial charge on any atom is -0.308 e. The SMILES string of the molecule is CC1(C)c2ccccc2-c2ccc(N(c3ccc(-c4ccccc4)cc3)c3ccc4ccccc4c3N3c4ccccc4C(C)(C)c4c(-c5ccc6ccccc6c5)cccc43)cc21. The van der Waals surface area contributed by atoms with Crippen molar-refractivity contribution in [1.29, 1.82) is 0 Å². The van der Waals surface area contributed by atoms with Gasteiger partial charge < -0.3 is 9.80 Å². The Kier molecular flexibility index (Phi) is 8.58. The molecule has 1 aliphatic carbocycles. The molecular weight excluding hydrogens is 773 g/mol. The number of anilines is 6. The van der Waals surface area contributed by atoms with E-state index < -0.39 is 0 Å². The summed E-state index contributed by atoms with van der Waals surface area (Å²) in [6, 6.07) is 81.1. The first-order chi connectivity index (χ1) is 31.3. The van der Waals surface area contributed by atoms with Crippen LogP contribution >= 0.6 is 0 Å². The lowest BCUT2D eigenvalue weighted by Crippen LogP contribution is -2.32. The Morgan fingerprint density at radius 3 is 1.78 bits per heavy atom. The van der Waals surface area contributed by atoms with Gasteiger partial charge in [-0.15, -0.1) is 0 Å². The first-order valence-electron chi connectivity index (χ1n) is 22.5. The molecule has 1 aliphatic heterocycles. The Labute approximate surface area is 376 Å². The van der Waals surface area contributed by atoms with Crippen molar-refractivity contribution in [3.05, 3.63) is 241 Å². The summed E-state index contributed by atoms with van der Waals surface area (Å²) in [6.07, 6.45) is 0. The van der Waals surface area contributed by atoms with E-state index in [-0.39, 0.29) is 10.8 Å². The van der Waals surface area contributed by atoms with Crippen LogP contribution < -0.4 is 9.80 Å². The van der Waals surface area contributed by atoms with Crippen molar-refractivity contribution in [3.8, 4) is 33.4 Å². The summed E-state index contributed by atoms with van der Waals surface area (Å²) in [5.74, 6) is 0. The molecule has 0 saturated carbocycles. The largest absolute Gasteiger partial charge is 0.308 e. The predicted molar refractivity (Wildman–Crippen MR) is 271 cm³/mol. The topological polar surface area (TPSA) is 6.48 Å². The van der Waals surface area contributed by atoms with Gasteiger partial charge in [0, 0.05) is 27.6 Å². The number of hydrogen-bond acceptors (Lipinski definition) is 2. The van der Waals surface area contributed by atoms with Crippen molar-refractivity contribution in [3.63, 3.8) is 0 Å². The quantitative estimate of drug-likeness (QED) is 0.165. The lowest BCUT2D eigenvalue weighted by molar-refractivity contribution is 0.634. The third-order valence-corrected chi connectivity index (χ3v) is 14.2. The van der Waals surface area contributed by atoms with Crippen molar-refractivity contribution < 1.29 is 0 Å². The third-order valence-electron chi connectivity index (χ3n) is 14.2. The summed E-state index contributed by atoms with van der Waals surface area (Å²) in [6.45, 7) is 9.56. The zero-order valence-electron chi connectivity index (χ0n) is 36.7. The van der Waals surface area contributed by atoms with Crippen molar-refractivity contribution in [2.45, 2.75) is 38.5 Å². The first kappa shape index (κ1) is 38.0. The van der Waals surface area contributed by atoms with E-state index >= 15 is 0 Å². The summed E-state index contributed by atoms with van der Waals surface area (Å²) < 4.78 is 0. The van der Waals surface area contributed by atoms with Gasteiger partial charge in [0.1, 0.15) is 0 Å². The highest BCUT2D eigenvalue weighted by molar-refractivity contribution is 6.09. The summed E-state index contributed by atoms with van der Waals surface area (Å²) >= 11 is 0. The number of benzene rings is 10. The molecule has 2 nitrogen and oxygen atoms in total. The zero-order valence-corrected chi connectivity index (χ0v) is 36.7. The van der Waals surface area contributed by atoms with E-state index in [1.165, 1.54) is 88.6 Å². The molecule has 1 heterocycles. The van der Waals surface area contributed by atoms with Crippen LogP contribution in [-0.2, 0) is 10.8 Å². The van der Waals surface area contributed by atoms with E-state index in [0.717, 1.165) is 22.7 Å². The van der Waals surface area contributed by atoms with E-state index in [1.807, 2.05) is 0 Å². The Morgan fingerprint density at radius 1 is 0.359 bits per heavy atom. The Hall–Kier alpha value is -7.68. The fraction of sp³-hybridized carbons (Fsp3) is 0.0968. The first-order valence-corrected chi connectivity index (χ1v) is 22.5. The fourth-order valence-electron chi connectivity index (χ4n) is 11.0. The highest BCUT2D eigenvalue weighted by atomic mass is 15.2. The van der Waals surface area contributed by atoms with Gasteiger partial charge >= 0.3 is 0 Å². The molecule has 0 amide bonds. The molecule has 12 rings (SSSR count). The second-order valence-electron chi connectivity index (χ2n) is 18.5. The van der Waals surface area contributed by atoms with Gasteiger partial charge in [0.25, 0.3) is 0 Å². The Balaban J connectivity index is 1.14. The average Bonchev–Trinajstić information content (AvgIpc) is 3.57. The fourth-order valence-corrected chi connectivity index (χ4v) is 11.0. The molecule has 0 fully saturated rings. The van der Waals surface area contributed by atoms with Crippen molar-refractivity contribution in [2.24, 2.45) is 0 Å². The van der Waals surface area contributed by atoms with Crippen LogP contribution in [0.3, 0.4) is 0 Å². The number of rotatable bonds is 6. The second kappa shape index (κ2) is 14.4. The van der Waals surface area contributed by atoms with Gasteiger partial charge in [-0.05, 0) is 120 Å². The highest BCUT2D eigenvalue weighted by Gasteiger charge is 2.41. The molecule has 0 unspecified atom stereocenters. The van der Waals surface area contributed by atoms with Crippen LogP contribution in [-0.4, -0.2) is 0 Å². The van der Waals surface area contributed by atoms with E-state index in [9.17, 15) is 0 Å². The predicted octanol–water partition coefficient (Wildman–Crippen LogP) is 17.2. The molecule has 2 heteroatoms. The monoisotopic (exact) mass is 820 g/mol. The maximum Gasteiger partial charge on any atom is 0.0781 e. The van der Waals surface area contributed by atoms with Gasteiger partial charge in [-0.2, -0.15) is 0 Å². The third kappa shape index (κ3) is 5.79. The van der Waals surface area contributed by atoms with Crippen molar-refractivity contribution in [2.75, 3.05) is 9.80 Å². The van der Waals surface area contributed by atoms with Gasteiger partial charge in [-0.25, -0.2) is 0 Å².